The van der Waals surface area contributed by atoms with Gasteiger partial charge < -0.3 is 5.32 Å². The summed E-state index contributed by atoms with van der Waals surface area (Å²) in [5.41, 5.74) is 2.44. The highest BCUT2D eigenvalue weighted by atomic mass is 14.9. The number of pyridine rings is 1. The summed E-state index contributed by atoms with van der Waals surface area (Å²) in [5, 5.41) is 3.50. The number of nitrogens with zero attached hydrogens (tertiary/aromatic N) is 1. The number of hydrogen-bond acceptors (Lipinski definition) is 2. The molecule has 0 atom stereocenters. The zero-order valence-corrected chi connectivity index (χ0v) is 10.1. The fraction of sp³-hybridized carbons (Fsp3) is 0.615. The van der Waals surface area contributed by atoms with Gasteiger partial charge in [0, 0.05) is 18.4 Å². The Morgan fingerprint density at radius 1 is 1.33 bits per heavy atom. The van der Waals surface area contributed by atoms with Gasteiger partial charge in [0.25, 0.3) is 0 Å². The Morgan fingerprint density at radius 2 is 2.07 bits per heavy atom. The first-order valence-corrected chi connectivity index (χ1v) is 5.89. The molecule has 2 heteroatoms. The van der Waals surface area contributed by atoms with Gasteiger partial charge in [-0.05, 0) is 31.0 Å². The van der Waals surface area contributed by atoms with E-state index in [4.69, 9.17) is 0 Å². The summed E-state index contributed by atoms with van der Waals surface area (Å²) in [6, 6.07) is 4.14. The lowest BCUT2D eigenvalue weighted by Gasteiger charge is -2.13. The molecule has 0 fully saturated rings. The summed E-state index contributed by atoms with van der Waals surface area (Å²) >= 11 is 0. The summed E-state index contributed by atoms with van der Waals surface area (Å²) in [6.45, 7) is 8.63. The predicted molar refractivity (Wildman–Crippen MR) is 64.8 cm³/mol. The first-order valence-electron chi connectivity index (χ1n) is 5.89. The van der Waals surface area contributed by atoms with Crippen LogP contribution in [0.25, 0.3) is 0 Å². The van der Waals surface area contributed by atoms with E-state index in [9.17, 15) is 0 Å². The van der Waals surface area contributed by atoms with Crippen LogP contribution in [0.4, 0.5) is 0 Å². The number of nitrogens with one attached hydrogen (secondary N) is 1. The van der Waals surface area contributed by atoms with Crippen molar-refractivity contribution in [2.75, 3.05) is 6.54 Å². The van der Waals surface area contributed by atoms with E-state index in [0.717, 1.165) is 24.7 Å². The van der Waals surface area contributed by atoms with Crippen LogP contribution in [0.3, 0.4) is 0 Å². The predicted octanol–water partition coefficient (Wildman–Crippen LogP) is 2.92. The third kappa shape index (κ3) is 4.00. The van der Waals surface area contributed by atoms with Crippen LogP contribution in [0.2, 0.25) is 0 Å². The van der Waals surface area contributed by atoms with Gasteiger partial charge in [0.15, 0.2) is 0 Å². The van der Waals surface area contributed by atoms with Gasteiger partial charge >= 0.3 is 0 Å². The van der Waals surface area contributed by atoms with Crippen LogP contribution < -0.4 is 5.32 Å². The van der Waals surface area contributed by atoms with Crippen molar-refractivity contribution in [1.82, 2.24) is 10.3 Å². The molecule has 84 valence electrons. The van der Waals surface area contributed by atoms with Crippen LogP contribution in [-0.4, -0.2) is 11.5 Å². The van der Waals surface area contributed by atoms with Crippen molar-refractivity contribution in [3.05, 3.63) is 29.6 Å². The van der Waals surface area contributed by atoms with Gasteiger partial charge in [0.05, 0.1) is 0 Å². The maximum absolute atomic E-state index is 4.28. The molecule has 1 aromatic heterocycles. The van der Waals surface area contributed by atoms with Gasteiger partial charge in [-0.15, -0.1) is 0 Å². The lowest BCUT2D eigenvalue weighted by molar-refractivity contribution is 0.449. The number of rotatable bonds is 6. The highest BCUT2D eigenvalue weighted by Crippen LogP contribution is 2.07. The molecule has 1 rings (SSSR count). The lowest BCUT2D eigenvalue weighted by atomic mass is 10.0. The molecule has 0 aromatic carbocycles. The van der Waals surface area contributed by atoms with Crippen molar-refractivity contribution in [2.45, 2.75) is 40.2 Å². The van der Waals surface area contributed by atoms with E-state index in [0.29, 0.717) is 0 Å². The molecular formula is C13H22N2. The maximum Gasteiger partial charge on any atom is 0.0417 e. The average Bonchev–Trinajstić information content (AvgIpc) is 2.27. The van der Waals surface area contributed by atoms with Crippen molar-refractivity contribution in [3.8, 4) is 0 Å². The minimum Gasteiger partial charge on any atom is -0.312 e. The van der Waals surface area contributed by atoms with Gasteiger partial charge in [0.1, 0.15) is 0 Å². The van der Waals surface area contributed by atoms with E-state index in [1.54, 1.807) is 0 Å². The van der Waals surface area contributed by atoms with Crippen molar-refractivity contribution in [1.29, 1.82) is 0 Å². The Balaban J connectivity index is 2.34. The highest BCUT2D eigenvalue weighted by Gasteiger charge is 2.03. The number of hydrogen-bond donors (Lipinski definition) is 1. The van der Waals surface area contributed by atoms with Crippen LogP contribution in [-0.2, 0) is 6.54 Å². The minimum atomic E-state index is 0.807. The number of aromatic nitrogens is 1. The first-order chi connectivity index (χ1) is 7.27. The van der Waals surface area contributed by atoms with Gasteiger partial charge in [-0.2, -0.15) is 0 Å². The second-order valence-corrected chi connectivity index (χ2v) is 4.06. The topological polar surface area (TPSA) is 24.9 Å². The Hall–Kier alpha value is -0.890. The van der Waals surface area contributed by atoms with E-state index < -0.39 is 0 Å². The molecule has 0 radical (unpaired) electrons. The zero-order valence-electron chi connectivity index (χ0n) is 10.1. The summed E-state index contributed by atoms with van der Waals surface area (Å²) in [7, 11) is 0. The fourth-order valence-electron chi connectivity index (χ4n) is 1.69. The molecule has 0 saturated carbocycles. The third-order valence-electron chi connectivity index (χ3n) is 3.02. The number of aryl methyl sites for hydroxylation is 1. The van der Waals surface area contributed by atoms with E-state index in [-0.39, 0.29) is 0 Å². The Kier molecular flexibility index (Phi) is 5.33. The van der Waals surface area contributed by atoms with Crippen molar-refractivity contribution in [3.63, 3.8) is 0 Å². The zero-order chi connectivity index (χ0) is 11.1. The monoisotopic (exact) mass is 206 g/mol. The second-order valence-electron chi connectivity index (χ2n) is 4.06. The van der Waals surface area contributed by atoms with Crippen molar-refractivity contribution in [2.24, 2.45) is 5.92 Å². The van der Waals surface area contributed by atoms with Crippen LogP contribution in [0.1, 0.15) is 37.9 Å². The molecule has 15 heavy (non-hydrogen) atoms. The van der Waals surface area contributed by atoms with Crippen molar-refractivity contribution < 1.29 is 0 Å². The molecule has 0 aliphatic rings. The molecule has 2 nitrogen and oxygen atoms in total. The van der Waals surface area contributed by atoms with E-state index in [2.05, 4.69) is 37.1 Å². The molecule has 0 bridgehead atoms. The summed E-state index contributed by atoms with van der Waals surface area (Å²) in [5.74, 6) is 0.807. The third-order valence-corrected chi connectivity index (χ3v) is 3.02. The molecule has 0 amide bonds. The molecule has 0 aliphatic heterocycles. The van der Waals surface area contributed by atoms with Crippen LogP contribution in [0.5, 0.6) is 0 Å². The molecule has 1 N–H and O–H groups in total. The van der Waals surface area contributed by atoms with Crippen LogP contribution in [0.15, 0.2) is 18.3 Å². The first kappa shape index (κ1) is 12.2. The molecule has 0 unspecified atom stereocenters. The van der Waals surface area contributed by atoms with Gasteiger partial charge in [-0.25, -0.2) is 0 Å². The standard InChI is InChI=1S/C13H22N2/c1-4-12(5-2)9-14-10-13-7-6-8-15-11(13)3/h6-8,12,14H,4-5,9-10H2,1-3H3. The fourth-order valence-corrected chi connectivity index (χ4v) is 1.69. The largest absolute Gasteiger partial charge is 0.312 e. The van der Waals surface area contributed by atoms with Gasteiger partial charge in [-0.3, -0.25) is 4.98 Å². The minimum absolute atomic E-state index is 0.807. The lowest BCUT2D eigenvalue weighted by Crippen LogP contribution is -2.22. The van der Waals surface area contributed by atoms with Gasteiger partial charge in [0.2, 0.25) is 0 Å². The Labute approximate surface area is 93.1 Å². The summed E-state index contributed by atoms with van der Waals surface area (Å²) in [4.78, 5) is 4.28. The maximum atomic E-state index is 4.28. The summed E-state index contributed by atoms with van der Waals surface area (Å²) < 4.78 is 0. The molecule has 0 saturated heterocycles. The molecule has 1 heterocycles. The summed E-state index contributed by atoms with van der Waals surface area (Å²) in [6.07, 6.45) is 4.37. The Bertz CT molecular complexity index is 280. The average molecular weight is 206 g/mol. The molecular weight excluding hydrogens is 184 g/mol. The van der Waals surface area contributed by atoms with E-state index >= 15 is 0 Å². The molecule has 0 spiro atoms. The highest BCUT2D eigenvalue weighted by molar-refractivity contribution is 5.17. The van der Waals surface area contributed by atoms with Crippen LogP contribution in [0, 0.1) is 12.8 Å². The van der Waals surface area contributed by atoms with E-state index in [1.165, 1.54) is 18.4 Å². The molecule has 0 aliphatic carbocycles. The van der Waals surface area contributed by atoms with Crippen molar-refractivity contribution >= 4 is 0 Å². The van der Waals surface area contributed by atoms with Crippen LogP contribution >= 0.6 is 0 Å². The SMILES string of the molecule is CCC(CC)CNCc1cccnc1C. The van der Waals surface area contributed by atoms with Gasteiger partial charge in [-0.1, -0.05) is 32.8 Å². The Morgan fingerprint density at radius 3 is 2.67 bits per heavy atom. The second kappa shape index (κ2) is 6.57. The normalized spacial score (nSPS) is 10.9. The molecule has 1 aromatic rings. The van der Waals surface area contributed by atoms with E-state index in [1.807, 2.05) is 12.3 Å². The quantitative estimate of drug-likeness (QED) is 0.774. The smallest absolute Gasteiger partial charge is 0.0417 e.